The van der Waals surface area contributed by atoms with Crippen LogP contribution in [0.2, 0.25) is 0 Å². The van der Waals surface area contributed by atoms with Gasteiger partial charge in [-0.15, -0.1) is 0 Å². The minimum absolute atomic E-state index is 0.666. The smallest absolute Gasteiger partial charge is 0.119 e. The van der Waals surface area contributed by atoms with Crippen LogP contribution in [0.1, 0.15) is 76.2 Å². The van der Waals surface area contributed by atoms with Crippen LogP contribution in [0.15, 0.2) is 36.7 Å². The third-order valence-electron chi connectivity index (χ3n) is 5.02. The highest BCUT2D eigenvalue weighted by atomic mass is 19.1. The molecule has 1 nitrogen and oxygen atoms in total. The summed E-state index contributed by atoms with van der Waals surface area (Å²) < 4.78 is 17.9. The van der Waals surface area contributed by atoms with Gasteiger partial charge in [0.2, 0.25) is 0 Å². The summed E-state index contributed by atoms with van der Waals surface area (Å²) in [6.45, 7) is 3.05. The summed E-state index contributed by atoms with van der Waals surface area (Å²) >= 11 is 0. The maximum atomic E-state index is 12.1. The molecule has 0 atom stereocenters. The third kappa shape index (κ3) is 6.37. The molecule has 0 radical (unpaired) electrons. The van der Waals surface area contributed by atoms with Gasteiger partial charge >= 0.3 is 0 Å². The Hall–Kier alpha value is -1.31. The monoisotopic (exact) mass is 318 g/mol. The molecule has 128 valence electrons. The Morgan fingerprint density at radius 2 is 1.78 bits per heavy atom. The first-order chi connectivity index (χ1) is 11.3. The molecular formula is C21H31FO. The first-order valence-electron chi connectivity index (χ1n) is 9.31. The van der Waals surface area contributed by atoms with Crippen LogP contribution in [0.4, 0.5) is 4.39 Å². The van der Waals surface area contributed by atoms with Crippen LogP contribution < -0.4 is 4.74 Å². The fourth-order valence-corrected chi connectivity index (χ4v) is 3.53. The summed E-state index contributed by atoms with van der Waals surface area (Å²) in [7, 11) is 0. The van der Waals surface area contributed by atoms with Crippen molar-refractivity contribution in [2.24, 2.45) is 5.92 Å². The van der Waals surface area contributed by atoms with E-state index in [1.54, 1.807) is 6.08 Å². The minimum Gasteiger partial charge on any atom is -0.494 e. The minimum atomic E-state index is 0.666. The number of hydrogen-bond acceptors (Lipinski definition) is 1. The molecule has 1 aromatic carbocycles. The fourth-order valence-electron chi connectivity index (χ4n) is 3.53. The van der Waals surface area contributed by atoms with Crippen LogP contribution in [0.3, 0.4) is 0 Å². The van der Waals surface area contributed by atoms with Crippen LogP contribution >= 0.6 is 0 Å². The highest BCUT2D eigenvalue weighted by Crippen LogP contribution is 2.37. The van der Waals surface area contributed by atoms with Crippen molar-refractivity contribution in [3.05, 3.63) is 42.2 Å². The van der Waals surface area contributed by atoms with Crippen LogP contribution in [0.5, 0.6) is 5.75 Å². The van der Waals surface area contributed by atoms with Gasteiger partial charge in [0.05, 0.1) is 12.9 Å². The second-order valence-electron chi connectivity index (χ2n) is 6.79. The Labute approximate surface area is 140 Å². The zero-order chi connectivity index (χ0) is 16.3. The zero-order valence-corrected chi connectivity index (χ0v) is 14.5. The third-order valence-corrected chi connectivity index (χ3v) is 5.02. The van der Waals surface area contributed by atoms with Crippen LogP contribution in [-0.4, -0.2) is 6.61 Å². The van der Waals surface area contributed by atoms with E-state index in [1.807, 2.05) is 0 Å². The van der Waals surface area contributed by atoms with Gasteiger partial charge in [-0.2, -0.15) is 0 Å². The molecule has 0 unspecified atom stereocenters. The maximum Gasteiger partial charge on any atom is 0.119 e. The van der Waals surface area contributed by atoms with Gasteiger partial charge in [0.1, 0.15) is 5.75 Å². The molecule has 2 rings (SSSR count). The highest BCUT2D eigenvalue weighted by molar-refractivity contribution is 5.29. The molecule has 0 bridgehead atoms. The SMILES string of the molecule is CCCCCCOc1ccc([C@H]2CC[C@H](C/C=C/F)CC2)cc1. The Morgan fingerprint density at radius 3 is 2.43 bits per heavy atom. The van der Waals surface area contributed by atoms with Crippen LogP contribution in [-0.2, 0) is 0 Å². The summed E-state index contributed by atoms with van der Waals surface area (Å²) in [6, 6.07) is 8.70. The van der Waals surface area contributed by atoms with E-state index in [-0.39, 0.29) is 0 Å². The van der Waals surface area contributed by atoms with Crippen molar-refractivity contribution in [1.29, 1.82) is 0 Å². The van der Waals surface area contributed by atoms with E-state index >= 15 is 0 Å². The number of unbranched alkanes of at least 4 members (excludes halogenated alkanes) is 3. The van der Waals surface area contributed by atoms with Crippen molar-refractivity contribution < 1.29 is 9.13 Å². The number of hydrogen-bond donors (Lipinski definition) is 0. The second-order valence-corrected chi connectivity index (χ2v) is 6.79. The van der Waals surface area contributed by atoms with Crippen molar-refractivity contribution >= 4 is 0 Å². The lowest BCUT2D eigenvalue weighted by molar-refractivity contribution is 0.304. The molecule has 0 spiro atoms. The predicted molar refractivity (Wildman–Crippen MR) is 95.6 cm³/mol. The number of rotatable bonds is 9. The normalized spacial score (nSPS) is 21.7. The second kappa shape index (κ2) is 10.5. The van der Waals surface area contributed by atoms with Gasteiger partial charge in [-0.25, -0.2) is 4.39 Å². The van der Waals surface area contributed by atoms with Gasteiger partial charge in [-0.3, -0.25) is 0 Å². The lowest BCUT2D eigenvalue weighted by Crippen LogP contribution is -2.12. The molecule has 1 saturated carbocycles. The van der Waals surface area contributed by atoms with Gasteiger partial charge in [0.15, 0.2) is 0 Å². The van der Waals surface area contributed by atoms with Crippen molar-refractivity contribution in [3.8, 4) is 5.75 Å². The van der Waals surface area contributed by atoms with E-state index in [1.165, 1.54) is 50.5 Å². The average Bonchev–Trinajstić information content (AvgIpc) is 2.61. The fraction of sp³-hybridized carbons (Fsp3) is 0.619. The molecule has 1 aliphatic carbocycles. The molecule has 1 fully saturated rings. The van der Waals surface area contributed by atoms with Gasteiger partial charge in [0, 0.05) is 0 Å². The van der Waals surface area contributed by atoms with Crippen molar-refractivity contribution in [2.45, 2.75) is 70.6 Å². The molecule has 1 aliphatic rings. The summed E-state index contributed by atoms with van der Waals surface area (Å²) in [4.78, 5) is 0. The molecular weight excluding hydrogens is 287 g/mol. The molecule has 0 amide bonds. The summed E-state index contributed by atoms with van der Waals surface area (Å²) in [5.41, 5.74) is 1.43. The zero-order valence-electron chi connectivity index (χ0n) is 14.5. The molecule has 23 heavy (non-hydrogen) atoms. The molecule has 0 saturated heterocycles. The largest absolute Gasteiger partial charge is 0.494 e. The Bertz CT molecular complexity index is 443. The van der Waals surface area contributed by atoms with Gasteiger partial charge in [-0.1, -0.05) is 44.4 Å². The summed E-state index contributed by atoms with van der Waals surface area (Å²) in [5.74, 6) is 2.33. The first-order valence-corrected chi connectivity index (χ1v) is 9.31. The Kier molecular flexibility index (Phi) is 8.20. The first kappa shape index (κ1) is 18.0. The van der Waals surface area contributed by atoms with Crippen LogP contribution in [0.25, 0.3) is 0 Å². The van der Waals surface area contributed by atoms with Crippen molar-refractivity contribution in [3.63, 3.8) is 0 Å². The molecule has 0 N–H and O–H groups in total. The van der Waals surface area contributed by atoms with E-state index in [9.17, 15) is 4.39 Å². The van der Waals surface area contributed by atoms with Gasteiger partial charge < -0.3 is 4.74 Å². The molecule has 0 aromatic heterocycles. The van der Waals surface area contributed by atoms with Gasteiger partial charge in [0.25, 0.3) is 0 Å². The standard InChI is InChI=1S/C21H31FO/c1-2-3-4-5-17-23-21-14-12-20(13-15-21)19-10-8-18(9-11-19)7-6-16-22/h6,12-16,18-19H,2-5,7-11,17H2,1H3/b16-6+/t18-,19-. The summed E-state index contributed by atoms with van der Waals surface area (Å²) in [5, 5.41) is 0. The Balaban J connectivity index is 1.72. The predicted octanol–water partition coefficient (Wildman–Crippen LogP) is 6.79. The van der Waals surface area contributed by atoms with E-state index < -0.39 is 0 Å². The molecule has 2 heteroatoms. The number of benzene rings is 1. The number of allylic oxidation sites excluding steroid dienone is 1. The summed E-state index contributed by atoms with van der Waals surface area (Å²) in [6.07, 6.45) is 13.1. The quantitative estimate of drug-likeness (QED) is 0.455. The van der Waals surface area contributed by atoms with E-state index in [4.69, 9.17) is 4.74 Å². The maximum absolute atomic E-state index is 12.1. The van der Waals surface area contributed by atoms with E-state index in [2.05, 4.69) is 31.2 Å². The molecule has 0 heterocycles. The van der Waals surface area contributed by atoms with Crippen molar-refractivity contribution in [1.82, 2.24) is 0 Å². The lowest BCUT2D eigenvalue weighted by Gasteiger charge is -2.28. The molecule has 1 aromatic rings. The van der Waals surface area contributed by atoms with E-state index in [0.29, 0.717) is 18.2 Å². The van der Waals surface area contributed by atoms with E-state index in [0.717, 1.165) is 25.2 Å². The topological polar surface area (TPSA) is 9.23 Å². The number of halogens is 1. The van der Waals surface area contributed by atoms with Gasteiger partial charge in [-0.05, 0) is 68.1 Å². The highest BCUT2D eigenvalue weighted by Gasteiger charge is 2.21. The molecule has 0 aliphatic heterocycles. The van der Waals surface area contributed by atoms with Crippen LogP contribution in [0, 0.1) is 5.92 Å². The lowest BCUT2D eigenvalue weighted by atomic mass is 9.77. The average molecular weight is 318 g/mol. The van der Waals surface area contributed by atoms with Crippen molar-refractivity contribution in [2.75, 3.05) is 6.61 Å². The Morgan fingerprint density at radius 1 is 1.04 bits per heavy atom. The number of ether oxygens (including phenoxy) is 1.